The van der Waals surface area contributed by atoms with E-state index in [1.165, 1.54) is 17.7 Å². The van der Waals surface area contributed by atoms with Crippen molar-refractivity contribution in [3.8, 4) is 0 Å². The first-order chi connectivity index (χ1) is 12.6. The van der Waals surface area contributed by atoms with Crippen LogP contribution in [0.3, 0.4) is 0 Å². The molecule has 1 aromatic carbocycles. The number of nitrogens with one attached hydrogen (secondary N) is 2. The molecule has 1 unspecified atom stereocenters. The van der Waals surface area contributed by atoms with Gasteiger partial charge < -0.3 is 10.4 Å². The van der Waals surface area contributed by atoms with Crippen LogP contribution in [0, 0.1) is 0 Å². The van der Waals surface area contributed by atoms with Crippen LogP contribution in [0.4, 0.5) is 0 Å². The first-order valence-corrected chi connectivity index (χ1v) is 9.57. The number of carbonyl (C=O) groups excluding carboxylic acids is 2. The highest BCUT2D eigenvalue weighted by atomic mass is 16.3. The van der Waals surface area contributed by atoms with Gasteiger partial charge in [-0.25, -0.2) is 4.79 Å². The van der Waals surface area contributed by atoms with Crippen molar-refractivity contribution < 1.29 is 19.7 Å². The Balaban J connectivity index is 1.53. The third kappa shape index (κ3) is 3.80. The van der Waals surface area contributed by atoms with Crippen LogP contribution in [-0.4, -0.2) is 39.4 Å². The van der Waals surface area contributed by atoms with E-state index in [0.717, 1.165) is 24.8 Å². The summed E-state index contributed by atoms with van der Waals surface area (Å²) in [4.78, 5) is 28.8. The summed E-state index contributed by atoms with van der Waals surface area (Å²) in [6.45, 7) is 2.69. The summed E-state index contributed by atoms with van der Waals surface area (Å²) in [7, 11) is 0. The van der Waals surface area contributed by atoms with Crippen LogP contribution in [0.2, 0.25) is 0 Å². The van der Waals surface area contributed by atoms with Gasteiger partial charge >= 0.3 is 17.5 Å². The Kier molecular flexibility index (Phi) is 5.71. The van der Waals surface area contributed by atoms with Crippen molar-refractivity contribution in [2.45, 2.75) is 70.2 Å². The van der Waals surface area contributed by atoms with Gasteiger partial charge in [-0.05, 0) is 12.0 Å². The molecule has 26 heavy (non-hydrogen) atoms. The van der Waals surface area contributed by atoms with Gasteiger partial charge in [-0.1, -0.05) is 62.9 Å². The Morgan fingerprint density at radius 3 is 2.73 bits per heavy atom. The summed E-state index contributed by atoms with van der Waals surface area (Å²) < 4.78 is 0. The van der Waals surface area contributed by atoms with E-state index in [2.05, 4.69) is 17.2 Å². The molecular formula is C20H28N3O3+. The van der Waals surface area contributed by atoms with E-state index in [-0.39, 0.29) is 18.2 Å². The number of amides is 2. The van der Waals surface area contributed by atoms with Crippen LogP contribution in [0.15, 0.2) is 30.3 Å². The van der Waals surface area contributed by atoms with Gasteiger partial charge in [-0.15, -0.1) is 0 Å². The molecule has 3 rings (SSSR count). The number of unbranched alkanes of at least 4 members (excludes halogenated alkanes) is 4. The number of rotatable bonds is 9. The summed E-state index contributed by atoms with van der Waals surface area (Å²) >= 11 is 0. The SMILES string of the molecule is CCCCCCCC(=O)N[C@H]1CC(=O)N2C(=[NH+]Cc3ccccc3)C12O. The molecule has 0 radical (unpaired) electrons. The normalized spacial score (nSPS) is 25.5. The summed E-state index contributed by atoms with van der Waals surface area (Å²) in [5.41, 5.74) is -0.307. The first kappa shape index (κ1) is 18.6. The first-order valence-electron chi connectivity index (χ1n) is 9.57. The number of hydrogen-bond donors (Lipinski definition) is 3. The fraction of sp³-hybridized carbons (Fsp3) is 0.550. The Morgan fingerprint density at radius 2 is 2.00 bits per heavy atom. The standard InChI is InChI=1S/C20H27N3O3/c1-2-3-4-5-9-12-17(24)22-16-13-18(25)23-19(20(16,23)26)21-14-15-10-7-6-8-11-15/h6-8,10-11,16,26H,2-5,9,12-14H2,1H3,(H,22,24)/p+1/t16-,20?,23?/m0/s1. The fourth-order valence-corrected chi connectivity index (χ4v) is 3.59. The zero-order valence-electron chi connectivity index (χ0n) is 15.3. The monoisotopic (exact) mass is 358 g/mol. The highest BCUT2D eigenvalue weighted by Gasteiger charge is 2.81. The Morgan fingerprint density at radius 1 is 1.27 bits per heavy atom. The molecule has 2 fully saturated rings. The van der Waals surface area contributed by atoms with E-state index in [4.69, 9.17) is 0 Å². The zero-order valence-corrected chi connectivity index (χ0v) is 15.3. The second-order valence-electron chi connectivity index (χ2n) is 7.13. The van der Waals surface area contributed by atoms with Crippen LogP contribution in [-0.2, 0) is 16.1 Å². The van der Waals surface area contributed by atoms with Crippen LogP contribution in [0.1, 0.15) is 57.4 Å². The number of carbonyl (C=O) groups is 2. The minimum atomic E-state index is -1.37. The van der Waals surface area contributed by atoms with E-state index in [1.54, 1.807) is 0 Å². The number of amidine groups is 1. The van der Waals surface area contributed by atoms with Crippen LogP contribution in [0.5, 0.6) is 0 Å². The number of aliphatic hydroxyl groups is 1. The smallest absolute Gasteiger partial charge is 0.337 e. The van der Waals surface area contributed by atoms with Crippen molar-refractivity contribution >= 4 is 17.6 Å². The summed E-state index contributed by atoms with van der Waals surface area (Å²) in [5.74, 6) is 0.242. The van der Waals surface area contributed by atoms with E-state index < -0.39 is 11.8 Å². The minimum absolute atomic E-state index is 0.0936. The van der Waals surface area contributed by atoms with Crippen molar-refractivity contribution in [1.82, 2.24) is 10.2 Å². The number of piperidine rings is 1. The molecule has 6 nitrogen and oxygen atoms in total. The lowest BCUT2D eigenvalue weighted by Crippen LogP contribution is -2.71. The van der Waals surface area contributed by atoms with Crippen molar-refractivity contribution in [3.63, 3.8) is 0 Å². The van der Waals surface area contributed by atoms with Gasteiger partial charge in [-0.2, -0.15) is 4.90 Å². The zero-order chi connectivity index (χ0) is 18.6. The molecule has 2 amide bonds. The molecule has 2 aliphatic rings. The number of hydrogen-bond acceptors (Lipinski definition) is 3. The molecule has 2 atom stereocenters. The maximum absolute atomic E-state index is 12.1. The Hall–Kier alpha value is -2.21. The van der Waals surface area contributed by atoms with E-state index >= 15 is 0 Å². The Labute approximate surface area is 154 Å². The summed E-state index contributed by atoms with van der Waals surface area (Å²) in [6, 6.07) is 9.21. The highest BCUT2D eigenvalue weighted by Crippen LogP contribution is 2.42. The number of nitrogens with zero attached hydrogens (tertiary/aromatic N) is 1. The molecular weight excluding hydrogens is 330 g/mol. The topological polar surface area (TPSA) is 83.4 Å². The van der Waals surface area contributed by atoms with Gasteiger partial charge in [0.25, 0.3) is 0 Å². The lowest BCUT2D eigenvalue weighted by atomic mass is 10.1. The van der Waals surface area contributed by atoms with E-state index in [9.17, 15) is 14.7 Å². The molecule has 6 heteroatoms. The van der Waals surface area contributed by atoms with Crippen molar-refractivity contribution in [3.05, 3.63) is 35.9 Å². The third-order valence-electron chi connectivity index (χ3n) is 5.12. The van der Waals surface area contributed by atoms with Gasteiger partial charge in [0, 0.05) is 6.42 Å². The average Bonchev–Trinajstić information content (AvgIpc) is 3.17. The second kappa shape index (κ2) is 7.99. The predicted octanol–water partition coefficient (Wildman–Crippen LogP) is 0.446. The second-order valence-corrected chi connectivity index (χ2v) is 7.13. The molecule has 1 aromatic rings. The van der Waals surface area contributed by atoms with E-state index in [1.807, 2.05) is 30.3 Å². The van der Waals surface area contributed by atoms with Gasteiger partial charge in [0.15, 0.2) is 0 Å². The van der Waals surface area contributed by atoms with Crippen molar-refractivity contribution in [2.75, 3.05) is 0 Å². The van der Waals surface area contributed by atoms with Crippen molar-refractivity contribution in [2.24, 2.45) is 0 Å². The highest BCUT2D eigenvalue weighted by molar-refractivity contribution is 6.18. The van der Waals surface area contributed by atoms with Gasteiger partial charge in [0.05, 0.1) is 6.42 Å². The summed E-state index contributed by atoms with van der Waals surface area (Å²) in [5, 5.41) is 13.7. The third-order valence-corrected chi connectivity index (χ3v) is 5.12. The maximum Gasteiger partial charge on any atom is 0.337 e. The van der Waals surface area contributed by atoms with Crippen LogP contribution >= 0.6 is 0 Å². The lowest BCUT2D eigenvalue weighted by Gasteiger charge is -2.13. The molecule has 0 saturated carbocycles. The molecule has 0 spiro atoms. The van der Waals surface area contributed by atoms with Crippen LogP contribution < -0.4 is 10.3 Å². The Bertz CT molecular complexity index is 689. The van der Waals surface area contributed by atoms with Gasteiger partial charge in [0.2, 0.25) is 5.91 Å². The van der Waals surface area contributed by atoms with Crippen molar-refractivity contribution in [1.29, 1.82) is 0 Å². The van der Waals surface area contributed by atoms with Crippen LogP contribution in [0.25, 0.3) is 0 Å². The van der Waals surface area contributed by atoms with Gasteiger partial charge in [0.1, 0.15) is 12.6 Å². The molecule has 0 aliphatic carbocycles. The average molecular weight is 358 g/mol. The molecule has 2 aliphatic heterocycles. The number of benzene rings is 1. The minimum Gasteiger partial charge on any atom is -0.345 e. The fourth-order valence-electron chi connectivity index (χ4n) is 3.59. The molecule has 0 aromatic heterocycles. The molecule has 2 heterocycles. The molecule has 3 N–H and O–H groups in total. The maximum atomic E-state index is 12.1. The molecule has 2 saturated heterocycles. The predicted molar refractivity (Wildman–Crippen MR) is 97.8 cm³/mol. The van der Waals surface area contributed by atoms with E-state index in [0.29, 0.717) is 18.8 Å². The lowest BCUT2D eigenvalue weighted by molar-refractivity contribution is -0.476. The number of fused-ring (bicyclic) bond motifs is 1. The largest absolute Gasteiger partial charge is 0.345 e. The summed E-state index contributed by atoms with van der Waals surface area (Å²) in [6.07, 6.45) is 5.98. The van der Waals surface area contributed by atoms with Gasteiger partial charge in [-0.3, -0.25) is 9.79 Å². The quantitative estimate of drug-likeness (QED) is 0.443. The molecule has 0 bridgehead atoms. The molecule has 140 valence electrons.